The maximum Gasteiger partial charge on any atom is 0.337 e. The summed E-state index contributed by atoms with van der Waals surface area (Å²) in [5.41, 5.74) is 1.28. The van der Waals surface area contributed by atoms with Crippen molar-refractivity contribution in [2.24, 2.45) is 4.99 Å². The van der Waals surface area contributed by atoms with Crippen molar-refractivity contribution in [3.05, 3.63) is 58.4 Å². The highest BCUT2D eigenvalue weighted by molar-refractivity contribution is 7.91. The van der Waals surface area contributed by atoms with Crippen molar-refractivity contribution in [3.63, 3.8) is 0 Å². The number of carbonyl (C=O) groups excluding carboxylic acids is 2. The van der Waals surface area contributed by atoms with Crippen LogP contribution in [0.15, 0.2) is 52.4 Å². The molecule has 0 spiro atoms. The summed E-state index contributed by atoms with van der Waals surface area (Å²) in [6.45, 7) is 4.00. The van der Waals surface area contributed by atoms with Gasteiger partial charge in [-0.2, -0.15) is 4.99 Å². The number of amides is 1. The molecule has 1 heterocycles. The lowest BCUT2D eigenvalue weighted by Gasteiger charge is -2.06. The van der Waals surface area contributed by atoms with Crippen LogP contribution in [0.2, 0.25) is 0 Å². The summed E-state index contributed by atoms with van der Waals surface area (Å²) >= 11 is 1.25. The topological polar surface area (TPSA) is 94.8 Å². The van der Waals surface area contributed by atoms with Crippen LogP contribution in [0.5, 0.6) is 0 Å². The van der Waals surface area contributed by atoms with E-state index in [1.807, 2.05) is 11.5 Å². The van der Waals surface area contributed by atoms with Crippen molar-refractivity contribution in [3.8, 4) is 0 Å². The predicted molar refractivity (Wildman–Crippen MR) is 111 cm³/mol. The molecule has 0 radical (unpaired) electrons. The molecule has 9 heteroatoms. The van der Waals surface area contributed by atoms with Gasteiger partial charge >= 0.3 is 5.97 Å². The minimum Gasteiger partial charge on any atom is -0.465 e. The Kier molecular flexibility index (Phi) is 5.99. The van der Waals surface area contributed by atoms with Gasteiger partial charge in [0.1, 0.15) is 0 Å². The molecule has 29 heavy (non-hydrogen) atoms. The molecular weight excluding hydrogens is 412 g/mol. The van der Waals surface area contributed by atoms with Gasteiger partial charge in [-0.25, -0.2) is 13.2 Å². The lowest BCUT2D eigenvalue weighted by atomic mass is 10.2. The fourth-order valence-corrected chi connectivity index (χ4v) is 5.14. The zero-order chi connectivity index (χ0) is 21.2. The van der Waals surface area contributed by atoms with Crippen molar-refractivity contribution in [2.75, 3.05) is 12.9 Å². The zero-order valence-corrected chi connectivity index (χ0v) is 17.8. The number of methoxy groups -OCH3 is 1. The SMILES string of the molecule is CCn1c(=NC(=O)c2ccccc2S(=O)(=O)CC)sc2cc(C(=O)OC)ccc21. The van der Waals surface area contributed by atoms with Gasteiger partial charge in [0, 0.05) is 6.54 Å². The highest BCUT2D eigenvalue weighted by Crippen LogP contribution is 2.21. The second kappa shape index (κ2) is 8.30. The van der Waals surface area contributed by atoms with Gasteiger partial charge in [0.15, 0.2) is 14.6 Å². The van der Waals surface area contributed by atoms with E-state index < -0.39 is 21.7 Å². The molecule has 0 saturated carbocycles. The molecule has 0 aliphatic rings. The summed E-state index contributed by atoms with van der Waals surface area (Å²) in [6, 6.07) is 11.2. The highest BCUT2D eigenvalue weighted by Gasteiger charge is 2.20. The van der Waals surface area contributed by atoms with Crippen molar-refractivity contribution < 1.29 is 22.7 Å². The second-order valence-electron chi connectivity index (χ2n) is 6.12. The summed E-state index contributed by atoms with van der Waals surface area (Å²) in [6.07, 6.45) is 0. The number of esters is 1. The van der Waals surface area contributed by atoms with Crippen LogP contribution in [0.3, 0.4) is 0 Å². The van der Waals surface area contributed by atoms with Crippen LogP contribution in [0.1, 0.15) is 34.6 Å². The third-order valence-corrected chi connectivity index (χ3v) is 7.28. The molecule has 0 unspecified atom stereocenters. The molecule has 0 bridgehead atoms. The Bertz CT molecular complexity index is 1270. The number of benzene rings is 2. The average Bonchev–Trinajstić information content (AvgIpc) is 3.08. The van der Waals surface area contributed by atoms with Crippen LogP contribution in [0, 0.1) is 0 Å². The van der Waals surface area contributed by atoms with Crippen LogP contribution < -0.4 is 4.80 Å². The van der Waals surface area contributed by atoms with Gasteiger partial charge in [-0.3, -0.25) is 4.79 Å². The Labute approximate surface area is 172 Å². The van der Waals surface area contributed by atoms with E-state index >= 15 is 0 Å². The van der Waals surface area contributed by atoms with Crippen molar-refractivity contribution in [1.82, 2.24) is 4.57 Å². The van der Waals surface area contributed by atoms with Gasteiger partial charge < -0.3 is 9.30 Å². The molecule has 1 amide bonds. The largest absolute Gasteiger partial charge is 0.465 e. The van der Waals surface area contributed by atoms with Gasteiger partial charge in [-0.15, -0.1) is 0 Å². The van der Waals surface area contributed by atoms with Crippen LogP contribution in [-0.4, -0.2) is 37.7 Å². The molecule has 0 N–H and O–H groups in total. The number of hydrogen-bond donors (Lipinski definition) is 0. The number of aromatic nitrogens is 1. The molecule has 0 fully saturated rings. The van der Waals surface area contributed by atoms with E-state index in [1.54, 1.807) is 30.3 Å². The molecule has 3 aromatic rings. The fraction of sp³-hybridized carbons (Fsp3) is 0.250. The molecule has 0 saturated heterocycles. The Morgan fingerprint density at radius 1 is 1.14 bits per heavy atom. The third kappa shape index (κ3) is 4.01. The number of sulfone groups is 1. The monoisotopic (exact) mass is 432 g/mol. The molecule has 0 aliphatic carbocycles. The zero-order valence-electron chi connectivity index (χ0n) is 16.2. The fourth-order valence-electron chi connectivity index (χ4n) is 2.93. The third-order valence-electron chi connectivity index (χ3n) is 4.45. The van der Waals surface area contributed by atoms with E-state index in [9.17, 15) is 18.0 Å². The van der Waals surface area contributed by atoms with Crippen molar-refractivity contribution >= 4 is 43.3 Å². The van der Waals surface area contributed by atoms with Gasteiger partial charge in [0.25, 0.3) is 5.91 Å². The molecule has 1 aromatic heterocycles. The number of carbonyl (C=O) groups is 2. The minimum atomic E-state index is -3.56. The van der Waals surface area contributed by atoms with E-state index in [4.69, 9.17) is 4.74 Å². The number of nitrogens with zero attached hydrogens (tertiary/aromatic N) is 2. The lowest BCUT2D eigenvalue weighted by Crippen LogP contribution is -2.17. The minimum absolute atomic E-state index is 0.0200. The maximum atomic E-state index is 12.9. The molecule has 152 valence electrons. The highest BCUT2D eigenvalue weighted by atomic mass is 32.2. The Morgan fingerprint density at radius 2 is 1.86 bits per heavy atom. The first-order valence-corrected chi connectivity index (χ1v) is 11.4. The molecule has 2 aromatic carbocycles. The van der Waals surface area contributed by atoms with Crippen molar-refractivity contribution in [2.45, 2.75) is 25.3 Å². The van der Waals surface area contributed by atoms with Crippen LogP contribution in [0.4, 0.5) is 0 Å². The van der Waals surface area contributed by atoms with E-state index in [-0.39, 0.29) is 16.2 Å². The lowest BCUT2D eigenvalue weighted by molar-refractivity contribution is 0.0600. The first kappa shape index (κ1) is 20.9. The number of fused-ring (bicyclic) bond motifs is 1. The van der Waals surface area contributed by atoms with Crippen LogP contribution >= 0.6 is 11.3 Å². The van der Waals surface area contributed by atoms with Crippen LogP contribution in [0.25, 0.3) is 10.2 Å². The van der Waals surface area contributed by atoms with E-state index in [1.165, 1.54) is 37.5 Å². The first-order chi connectivity index (χ1) is 13.8. The quantitative estimate of drug-likeness (QED) is 0.578. The summed E-state index contributed by atoms with van der Waals surface area (Å²) in [5, 5.41) is 0. The molecule has 0 aliphatic heterocycles. The normalized spacial score (nSPS) is 12.3. The number of ether oxygens (including phenoxy) is 1. The molecule has 7 nitrogen and oxygen atoms in total. The number of hydrogen-bond acceptors (Lipinski definition) is 6. The van der Waals surface area contributed by atoms with Crippen molar-refractivity contribution in [1.29, 1.82) is 0 Å². The summed E-state index contributed by atoms with van der Waals surface area (Å²) < 4.78 is 32.0. The van der Waals surface area contributed by atoms with Gasteiger partial charge in [0.05, 0.1) is 39.1 Å². The van der Waals surface area contributed by atoms with Gasteiger partial charge in [-0.1, -0.05) is 30.4 Å². The first-order valence-electron chi connectivity index (χ1n) is 8.95. The van der Waals surface area contributed by atoms with E-state index in [0.717, 1.165) is 10.2 Å². The van der Waals surface area contributed by atoms with Crippen LogP contribution in [-0.2, 0) is 21.1 Å². The standard InChI is InChI=1S/C20H20N2O5S2/c1-4-22-15-11-10-13(19(24)27-3)12-16(15)28-20(22)21-18(23)14-8-6-7-9-17(14)29(25,26)5-2/h6-12H,4-5H2,1-3H3. The second-order valence-corrected chi connectivity index (χ2v) is 9.38. The Morgan fingerprint density at radius 3 is 2.52 bits per heavy atom. The number of thiazole rings is 1. The molecule has 0 atom stereocenters. The summed E-state index contributed by atoms with van der Waals surface area (Å²) in [7, 11) is -2.25. The predicted octanol–water partition coefficient (Wildman–Crippen LogP) is 3.04. The Hall–Kier alpha value is -2.78. The average molecular weight is 433 g/mol. The maximum absolute atomic E-state index is 12.9. The van der Waals surface area contributed by atoms with E-state index in [2.05, 4.69) is 4.99 Å². The van der Waals surface area contributed by atoms with Gasteiger partial charge in [-0.05, 0) is 37.3 Å². The summed E-state index contributed by atoms with van der Waals surface area (Å²) in [4.78, 5) is 29.2. The smallest absolute Gasteiger partial charge is 0.337 e. The molecule has 3 rings (SSSR count). The Balaban J connectivity index is 2.16. The number of aryl methyl sites for hydroxylation is 1. The van der Waals surface area contributed by atoms with Gasteiger partial charge in [0.2, 0.25) is 0 Å². The number of rotatable bonds is 5. The summed E-state index contributed by atoms with van der Waals surface area (Å²) in [5.74, 6) is -1.18. The molecular formula is C20H20N2O5S2. The van der Waals surface area contributed by atoms with E-state index in [0.29, 0.717) is 16.9 Å².